The second-order valence-electron chi connectivity index (χ2n) is 4.17. The van der Waals surface area contributed by atoms with E-state index in [9.17, 15) is 14.4 Å². The van der Waals surface area contributed by atoms with Crippen LogP contribution >= 0.6 is 0 Å². The molecule has 2 amide bonds. The van der Waals surface area contributed by atoms with E-state index in [-0.39, 0.29) is 29.4 Å². The van der Waals surface area contributed by atoms with E-state index in [0.717, 1.165) is 6.42 Å². The van der Waals surface area contributed by atoms with Gasteiger partial charge in [-0.05, 0) is 19.8 Å². The minimum atomic E-state index is -0.495. The Bertz CT molecular complexity index is 321. The molecule has 0 aromatic heterocycles. The van der Waals surface area contributed by atoms with Gasteiger partial charge >= 0.3 is 5.97 Å². The first-order valence-corrected chi connectivity index (χ1v) is 5.95. The molecule has 7 heteroatoms. The van der Waals surface area contributed by atoms with E-state index >= 15 is 0 Å². The summed E-state index contributed by atoms with van der Waals surface area (Å²) in [4.78, 5) is 33.3. The first kappa shape index (κ1) is 14.4. The third-order valence-electron chi connectivity index (χ3n) is 2.88. The number of esters is 1. The molecule has 0 aliphatic heterocycles. The number of hydrogen-bond donors (Lipinski definition) is 2. The van der Waals surface area contributed by atoms with Crippen LogP contribution in [0, 0.1) is 5.92 Å². The van der Waals surface area contributed by atoms with Gasteiger partial charge in [-0.25, -0.2) is 5.06 Å². The van der Waals surface area contributed by atoms with Gasteiger partial charge in [0, 0.05) is 6.04 Å². The van der Waals surface area contributed by atoms with Crippen LogP contribution in [0.3, 0.4) is 0 Å². The average Bonchev–Trinajstić information content (AvgIpc) is 2.77. The van der Waals surface area contributed by atoms with Gasteiger partial charge in [0.25, 0.3) is 0 Å². The van der Waals surface area contributed by atoms with Crippen LogP contribution in [0.15, 0.2) is 0 Å². The average molecular weight is 258 g/mol. The number of nitrogens with zero attached hydrogens (tertiary/aromatic N) is 1. The molecule has 1 rings (SSSR count). The van der Waals surface area contributed by atoms with Gasteiger partial charge < -0.3 is 10.1 Å². The Morgan fingerprint density at radius 3 is 2.83 bits per heavy atom. The summed E-state index contributed by atoms with van der Waals surface area (Å²) in [6.07, 6.45) is 2.37. The van der Waals surface area contributed by atoms with Gasteiger partial charge in [0.1, 0.15) is 6.54 Å². The molecule has 1 aliphatic rings. The van der Waals surface area contributed by atoms with Crippen LogP contribution in [0.1, 0.15) is 26.2 Å². The van der Waals surface area contributed by atoms with Crippen LogP contribution < -0.4 is 5.32 Å². The Hall–Kier alpha value is -1.63. The Morgan fingerprint density at radius 1 is 1.50 bits per heavy atom. The highest BCUT2D eigenvalue weighted by Gasteiger charge is 2.35. The molecule has 1 aliphatic carbocycles. The maximum Gasteiger partial charge on any atom is 0.311 e. The predicted octanol–water partition coefficient (Wildman–Crippen LogP) is -0.318. The molecule has 0 radical (unpaired) electrons. The summed E-state index contributed by atoms with van der Waals surface area (Å²) >= 11 is 0. The van der Waals surface area contributed by atoms with Crippen LogP contribution in [0.2, 0.25) is 0 Å². The highest BCUT2D eigenvalue weighted by atomic mass is 16.5. The molecule has 0 spiro atoms. The Morgan fingerprint density at radius 2 is 2.22 bits per heavy atom. The largest absolute Gasteiger partial charge is 0.466 e. The van der Waals surface area contributed by atoms with Gasteiger partial charge in [0.05, 0.1) is 12.5 Å². The van der Waals surface area contributed by atoms with Gasteiger partial charge in [-0.3, -0.25) is 19.6 Å². The summed E-state index contributed by atoms with van der Waals surface area (Å²) in [7, 11) is 0. The molecule has 0 saturated heterocycles. The molecule has 0 aromatic rings. The molecule has 7 nitrogen and oxygen atoms in total. The van der Waals surface area contributed by atoms with Crippen LogP contribution in [0.4, 0.5) is 0 Å². The SMILES string of the molecule is CCOC(=O)C1CCCC1NC(=O)CN(O)C=O. The van der Waals surface area contributed by atoms with Crippen molar-refractivity contribution in [3.8, 4) is 0 Å². The number of carbonyl (C=O) groups is 3. The summed E-state index contributed by atoms with van der Waals surface area (Å²) in [6, 6.07) is -0.281. The van der Waals surface area contributed by atoms with Crippen LogP contribution in [0.5, 0.6) is 0 Å². The van der Waals surface area contributed by atoms with Crippen molar-refractivity contribution in [3.05, 3.63) is 0 Å². The molecule has 0 aromatic carbocycles. The first-order valence-electron chi connectivity index (χ1n) is 5.95. The van der Waals surface area contributed by atoms with Crippen molar-refractivity contribution in [3.63, 3.8) is 0 Å². The van der Waals surface area contributed by atoms with E-state index in [0.29, 0.717) is 19.4 Å². The van der Waals surface area contributed by atoms with Crippen LogP contribution in [-0.2, 0) is 19.1 Å². The van der Waals surface area contributed by atoms with Gasteiger partial charge in [0.15, 0.2) is 0 Å². The molecule has 1 fully saturated rings. The molecule has 18 heavy (non-hydrogen) atoms. The zero-order valence-electron chi connectivity index (χ0n) is 10.3. The van der Waals surface area contributed by atoms with E-state index in [1.807, 2.05) is 0 Å². The van der Waals surface area contributed by atoms with Gasteiger partial charge in [-0.15, -0.1) is 0 Å². The van der Waals surface area contributed by atoms with E-state index in [2.05, 4.69) is 5.32 Å². The summed E-state index contributed by atoms with van der Waals surface area (Å²) in [5.74, 6) is -1.14. The molecule has 1 saturated carbocycles. The topological polar surface area (TPSA) is 95.9 Å². The van der Waals surface area contributed by atoms with Crippen molar-refractivity contribution in [2.75, 3.05) is 13.2 Å². The zero-order valence-corrected chi connectivity index (χ0v) is 10.3. The lowest BCUT2D eigenvalue weighted by Gasteiger charge is -2.20. The number of rotatable bonds is 6. The normalized spacial score (nSPS) is 22.3. The van der Waals surface area contributed by atoms with Crippen molar-refractivity contribution in [1.82, 2.24) is 10.4 Å². The molecular formula is C11H18N2O5. The second-order valence-corrected chi connectivity index (χ2v) is 4.17. The van der Waals surface area contributed by atoms with Crippen molar-refractivity contribution in [1.29, 1.82) is 0 Å². The third kappa shape index (κ3) is 3.99. The van der Waals surface area contributed by atoms with Gasteiger partial charge in [0.2, 0.25) is 12.3 Å². The fraction of sp³-hybridized carbons (Fsp3) is 0.727. The predicted molar refractivity (Wildman–Crippen MR) is 60.5 cm³/mol. The fourth-order valence-corrected chi connectivity index (χ4v) is 2.10. The maximum absolute atomic E-state index is 11.6. The Balaban J connectivity index is 2.47. The quantitative estimate of drug-likeness (QED) is 0.295. The number of amides is 2. The van der Waals surface area contributed by atoms with Gasteiger partial charge in [-0.2, -0.15) is 0 Å². The first-order chi connectivity index (χ1) is 8.58. The smallest absolute Gasteiger partial charge is 0.311 e. The van der Waals surface area contributed by atoms with Crippen LogP contribution in [-0.4, -0.2) is 47.8 Å². The third-order valence-corrected chi connectivity index (χ3v) is 2.88. The lowest BCUT2D eigenvalue weighted by molar-refractivity contribution is -0.156. The Labute approximate surface area is 105 Å². The number of nitrogens with one attached hydrogen (secondary N) is 1. The van der Waals surface area contributed by atoms with Crippen molar-refractivity contribution < 1.29 is 24.3 Å². The summed E-state index contributed by atoms with van der Waals surface area (Å²) < 4.78 is 4.93. The highest BCUT2D eigenvalue weighted by Crippen LogP contribution is 2.26. The maximum atomic E-state index is 11.6. The minimum absolute atomic E-state index is 0.150. The molecule has 0 heterocycles. The summed E-state index contributed by atoms with van der Waals surface area (Å²) in [5.41, 5.74) is 0. The van der Waals surface area contributed by atoms with E-state index in [1.165, 1.54) is 0 Å². The summed E-state index contributed by atoms with van der Waals surface area (Å²) in [6.45, 7) is 1.61. The lowest BCUT2D eigenvalue weighted by atomic mass is 10.0. The monoisotopic (exact) mass is 258 g/mol. The molecule has 2 N–H and O–H groups in total. The van der Waals surface area contributed by atoms with Crippen molar-refractivity contribution in [2.45, 2.75) is 32.2 Å². The van der Waals surface area contributed by atoms with Crippen molar-refractivity contribution >= 4 is 18.3 Å². The van der Waals surface area contributed by atoms with E-state index in [4.69, 9.17) is 9.94 Å². The number of carbonyl (C=O) groups excluding carboxylic acids is 3. The molecular weight excluding hydrogens is 240 g/mol. The number of hydrogen-bond acceptors (Lipinski definition) is 5. The fourth-order valence-electron chi connectivity index (χ4n) is 2.10. The van der Waals surface area contributed by atoms with E-state index in [1.54, 1.807) is 6.92 Å². The number of ether oxygens (including phenoxy) is 1. The molecule has 2 unspecified atom stereocenters. The highest BCUT2D eigenvalue weighted by molar-refractivity contribution is 5.81. The lowest BCUT2D eigenvalue weighted by Crippen LogP contribution is -2.44. The van der Waals surface area contributed by atoms with Crippen LogP contribution in [0.25, 0.3) is 0 Å². The van der Waals surface area contributed by atoms with Crippen molar-refractivity contribution in [2.24, 2.45) is 5.92 Å². The Kier molecular flexibility index (Phi) is 5.57. The van der Waals surface area contributed by atoms with Gasteiger partial charge in [-0.1, -0.05) is 6.42 Å². The molecule has 0 bridgehead atoms. The number of hydroxylamine groups is 2. The zero-order chi connectivity index (χ0) is 13.5. The molecule has 102 valence electrons. The minimum Gasteiger partial charge on any atom is -0.466 e. The summed E-state index contributed by atoms with van der Waals surface area (Å²) in [5, 5.41) is 11.8. The van der Waals surface area contributed by atoms with E-state index < -0.39 is 12.5 Å². The standard InChI is InChI=1S/C11H18N2O5/c1-2-18-11(16)8-4-3-5-9(8)12-10(15)6-13(17)7-14/h7-9,17H,2-6H2,1H3,(H,12,15). The second kappa shape index (κ2) is 6.95. The molecule has 2 atom stereocenters.